The van der Waals surface area contributed by atoms with Crippen LogP contribution >= 0.6 is 11.3 Å². The topological polar surface area (TPSA) is 43.6 Å². The van der Waals surface area contributed by atoms with Crippen molar-refractivity contribution in [3.63, 3.8) is 0 Å². The second-order valence-corrected chi connectivity index (χ2v) is 16.2. The highest BCUT2D eigenvalue weighted by atomic mass is 32.1. The molecule has 0 bridgehead atoms. The van der Waals surface area contributed by atoms with Crippen LogP contribution in [0.4, 0.5) is 0 Å². The monoisotopic (exact) mass is 782 g/mol. The minimum absolute atomic E-state index is 0.634. The van der Waals surface area contributed by atoms with E-state index < -0.39 is 0 Å². The van der Waals surface area contributed by atoms with Crippen molar-refractivity contribution in [2.24, 2.45) is 0 Å². The molecule has 60 heavy (non-hydrogen) atoms. The normalized spacial score (nSPS) is 11.7. The molecule has 3 heterocycles. The Labute approximate surface area is 350 Å². The molecule has 4 nitrogen and oxygen atoms in total. The second kappa shape index (κ2) is 14.0. The first kappa shape index (κ1) is 34.3. The summed E-state index contributed by atoms with van der Waals surface area (Å²) in [6.45, 7) is 0. The molecule has 12 rings (SSSR count). The van der Waals surface area contributed by atoms with Crippen LogP contribution in [0.15, 0.2) is 206 Å². The van der Waals surface area contributed by atoms with Gasteiger partial charge in [0.05, 0.1) is 11.0 Å². The average Bonchev–Trinajstić information content (AvgIpc) is 3.89. The fourth-order valence-corrected chi connectivity index (χ4v) is 10.2. The third-order valence-electron chi connectivity index (χ3n) is 11.6. The Kier molecular flexibility index (Phi) is 8.00. The zero-order valence-corrected chi connectivity index (χ0v) is 33.1. The van der Waals surface area contributed by atoms with E-state index in [4.69, 9.17) is 15.0 Å². The van der Waals surface area contributed by atoms with Gasteiger partial charge in [0, 0.05) is 58.7 Å². The van der Waals surface area contributed by atoms with Crippen LogP contribution in [0.25, 0.3) is 115 Å². The van der Waals surface area contributed by atoms with E-state index in [1.54, 1.807) is 0 Å². The number of rotatable bonds is 6. The molecule has 0 saturated carbocycles. The third kappa shape index (κ3) is 5.55. The summed E-state index contributed by atoms with van der Waals surface area (Å²) in [5.41, 5.74) is 11.1. The van der Waals surface area contributed by atoms with Crippen LogP contribution in [0.5, 0.6) is 0 Å². The van der Waals surface area contributed by atoms with Crippen LogP contribution < -0.4 is 0 Å². The fourth-order valence-electron chi connectivity index (χ4n) is 8.86. The van der Waals surface area contributed by atoms with Gasteiger partial charge in [-0.05, 0) is 64.0 Å². The second-order valence-electron chi connectivity index (χ2n) is 15.1. The highest BCUT2D eigenvalue weighted by Gasteiger charge is 2.24. The third-order valence-corrected chi connectivity index (χ3v) is 12.9. The van der Waals surface area contributed by atoms with Gasteiger partial charge in [-0.25, -0.2) is 15.0 Å². The molecule has 3 aromatic heterocycles. The molecule has 0 saturated heterocycles. The highest BCUT2D eigenvalue weighted by molar-refractivity contribution is 7.27. The summed E-state index contributed by atoms with van der Waals surface area (Å²) in [5, 5.41) is 7.56. The van der Waals surface area contributed by atoms with Crippen molar-refractivity contribution in [2.75, 3.05) is 0 Å². The fraction of sp³-hybridized carbons (Fsp3) is 0. The van der Waals surface area contributed by atoms with Crippen LogP contribution in [-0.4, -0.2) is 19.5 Å². The molecule has 280 valence electrons. The summed E-state index contributed by atoms with van der Waals surface area (Å²) in [6.07, 6.45) is 0. The molecule has 9 aromatic carbocycles. The molecule has 12 aromatic rings. The first-order chi connectivity index (χ1) is 29.8. The number of fused-ring (bicyclic) bond motifs is 10. The summed E-state index contributed by atoms with van der Waals surface area (Å²) in [7, 11) is 0. The lowest BCUT2D eigenvalue weighted by molar-refractivity contribution is 1.07. The van der Waals surface area contributed by atoms with Crippen molar-refractivity contribution in [3.05, 3.63) is 206 Å². The van der Waals surface area contributed by atoms with Crippen molar-refractivity contribution in [1.29, 1.82) is 0 Å². The van der Waals surface area contributed by atoms with E-state index in [1.807, 2.05) is 72.0 Å². The van der Waals surface area contributed by atoms with E-state index in [9.17, 15) is 0 Å². The molecule has 0 spiro atoms. The summed E-state index contributed by atoms with van der Waals surface area (Å²) in [6, 6.07) is 73.2. The maximum absolute atomic E-state index is 5.04. The Bertz CT molecular complexity index is 3500. The largest absolute Gasteiger partial charge is 0.309 e. The number of hydrogen-bond donors (Lipinski definition) is 0. The molecule has 0 fully saturated rings. The van der Waals surface area contributed by atoms with Crippen molar-refractivity contribution < 1.29 is 0 Å². The molecule has 0 aliphatic carbocycles. The van der Waals surface area contributed by atoms with Gasteiger partial charge in [-0.2, -0.15) is 0 Å². The van der Waals surface area contributed by atoms with Gasteiger partial charge in [0.2, 0.25) is 0 Å². The summed E-state index contributed by atoms with van der Waals surface area (Å²) in [5.74, 6) is 1.93. The number of aromatic nitrogens is 4. The first-order valence-electron chi connectivity index (χ1n) is 20.2. The molecular formula is C55H34N4S. The van der Waals surface area contributed by atoms with Gasteiger partial charge in [-0.1, -0.05) is 170 Å². The van der Waals surface area contributed by atoms with Gasteiger partial charge in [0.25, 0.3) is 0 Å². The minimum Gasteiger partial charge on any atom is -0.309 e. The average molecular weight is 783 g/mol. The molecule has 0 aliphatic rings. The van der Waals surface area contributed by atoms with E-state index in [0.717, 1.165) is 27.9 Å². The van der Waals surface area contributed by atoms with Crippen LogP contribution in [0.1, 0.15) is 0 Å². The van der Waals surface area contributed by atoms with Crippen molar-refractivity contribution in [2.45, 2.75) is 0 Å². The molecule has 0 radical (unpaired) electrons. The number of nitrogens with zero attached hydrogens (tertiary/aromatic N) is 4. The lowest BCUT2D eigenvalue weighted by atomic mass is 9.97. The van der Waals surface area contributed by atoms with E-state index in [0.29, 0.717) is 17.5 Å². The van der Waals surface area contributed by atoms with E-state index in [2.05, 4.69) is 150 Å². The summed E-state index contributed by atoms with van der Waals surface area (Å²) >= 11 is 1.90. The lowest BCUT2D eigenvalue weighted by Crippen LogP contribution is -2.00. The SMILES string of the molecule is c1ccc(-c2ccc3c(c2)c2c4ccccc4c4sc5c(-c6ccccc6)cccc5c4c2n3-c2ccc(-c3nc(-c4ccccc4)nc(-c4ccccc4)n3)cc2)cc1. The van der Waals surface area contributed by atoms with Gasteiger partial charge >= 0.3 is 0 Å². The van der Waals surface area contributed by atoms with Crippen LogP contribution in [0.2, 0.25) is 0 Å². The molecule has 0 atom stereocenters. The van der Waals surface area contributed by atoms with Crippen molar-refractivity contribution >= 4 is 64.1 Å². The Hall–Kier alpha value is -7.73. The number of hydrogen-bond acceptors (Lipinski definition) is 4. The molecule has 5 heteroatoms. The quantitative estimate of drug-likeness (QED) is 0.169. The Balaban J connectivity index is 1.14. The predicted molar refractivity (Wildman–Crippen MR) is 252 cm³/mol. The van der Waals surface area contributed by atoms with Crippen molar-refractivity contribution in [3.8, 4) is 62.1 Å². The van der Waals surface area contributed by atoms with Gasteiger partial charge < -0.3 is 4.57 Å². The molecule has 0 unspecified atom stereocenters. The zero-order chi connectivity index (χ0) is 39.6. The highest BCUT2D eigenvalue weighted by Crippen LogP contribution is 2.50. The Morgan fingerprint density at radius 1 is 0.333 bits per heavy atom. The zero-order valence-electron chi connectivity index (χ0n) is 32.3. The lowest BCUT2D eigenvalue weighted by Gasteiger charge is -2.12. The van der Waals surface area contributed by atoms with Gasteiger partial charge in [-0.15, -0.1) is 11.3 Å². The molecule has 0 N–H and O–H groups in total. The van der Waals surface area contributed by atoms with Gasteiger partial charge in [-0.3, -0.25) is 0 Å². The van der Waals surface area contributed by atoms with E-state index in [1.165, 1.54) is 69.5 Å². The smallest absolute Gasteiger partial charge is 0.164 e. The van der Waals surface area contributed by atoms with Crippen LogP contribution in [-0.2, 0) is 0 Å². The van der Waals surface area contributed by atoms with Crippen LogP contribution in [0.3, 0.4) is 0 Å². The molecule has 0 aliphatic heterocycles. The number of thiophene rings is 1. The maximum Gasteiger partial charge on any atom is 0.164 e. The van der Waals surface area contributed by atoms with E-state index >= 15 is 0 Å². The Morgan fingerprint density at radius 3 is 1.45 bits per heavy atom. The van der Waals surface area contributed by atoms with E-state index in [-0.39, 0.29) is 0 Å². The molecular weight excluding hydrogens is 749 g/mol. The minimum atomic E-state index is 0.634. The number of benzene rings is 9. The van der Waals surface area contributed by atoms with Crippen molar-refractivity contribution in [1.82, 2.24) is 19.5 Å². The summed E-state index contributed by atoms with van der Waals surface area (Å²) < 4.78 is 5.08. The first-order valence-corrected chi connectivity index (χ1v) is 21.0. The standard InChI is InChI=1S/C55H34N4S/c1-5-16-35(17-6-1)40-30-33-47-46(34-40)48-43-24-13-14-25-44(43)52-49(45-27-15-26-42(51(45)60-52)36-18-7-2-8-19-36)50(48)59(47)41-31-28-39(29-32-41)55-57-53(37-20-9-3-10-21-37)56-54(58-55)38-22-11-4-12-23-38/h1-34H. The van der Waals surface area contributed by atoms with Gasteiger partial charge in [0.1, 0.15) is 0 Å². The van der Waals surface area contributed by atoms with Gasteiger partial charge in [0.15, 0.2) is 17.5 Å². The summed E-state index contributed by atoms with van der Waals surface area (Å²) in [4.78, 5) is 15.0. The maximum atomic E-state index is 5.04. The molecule has 0 amide bonds. The predicted octanol–water partition coefficient (Wildman–Crippen LogP) is 14.8. The Morgan fingerprint density at radius 2 is 0.833 bits per heavy atom. The van der Waals surface area contributed by atoms with Crippen LogP contribution in [0, 0.1) is 0 Å².